The SMILES string of the molecule is CCNC(=NCCc1ccncc1C)NC1CCCC1. The number of nitrogens with one attached hydrogen (secondary N) is 2. The van der Waals surface area contributed by atoms with Crippen molar-refractivity contribution >= 4 is 5.96 Å². The molecule has 0 bridgehead atoms. The molecule has 4 heteroatoms. The van der Waals surface area contributed by atoms with Gasteiger partial charge in [0, 0.05) is 31.5 Å². The van der Waals surface area contributed by atoms with Crippen LogP contribution in [0.3, 0.4) is 0 Å². The molecule has 1 fully saturated rings. The summed E-state index contributed by atoms with van der Waals surface area (Å²) < 4.78 is 0. The number of rotatable bonds is 5. The van der Waals surface area contributed by atoms with Gasteiger partial charge in [0.1, 0.15) is 0 Å². The van der Waals surface area contributed by atoms with Crippen molar-refractivity contribution < 1.29 is 0 Å². The largest absolute Gasteiger partial charge is 0.357 e. The van der Waals surface area contributed by atoms with Gasteiger partial charge in [-0.05, 0) is 50.3 Å². The first kappa shape index (κ1) is 14.8. The van der Waals surface area contributed by atoms with Gasteiger partial charge >= 0.3 is 0 Å². The quantitative estimate of drug-likeness (QED) is 0.640. The fourth-order valence-corrected chi connectivity index (χ4v) is 2.65. The Balaban J connectivity index is 1.86. The van der Waals surface area contributed by atoms with E-state index in [9.17, 15) is 0 Å². The Labute approximate surface area is 122 Å². The average Bonchev–Trinajstić information content (AvgIpc) is 2.94. The molecule has 0 radical (unpaired) electrons. The van der Waals surface area contributed by atoms with Gasteiger partial charge in [0.15, 0.2) is 5.96 Å². The Bertz CT molecular complexity index is 436. The zero-order valence-corrected chi connectivity index (χ0v) is 12.7. The number of pyridine rings is 1. The zero-order valence-electron chi connectivity index (χ0n) is 12.7. The summed E-state index contributed by atoms with van der Waals surface area (Å²) in [5.74, 6) is 0.964. The molecule has 0 spiro atoms. The van der Waals surface area contributed by atoms with Crippen LogP contribution in [0.1, 0.15) is 43.7 Å². The molecule has 1 aromatic rings. The molecule has 1 aliphatic carbocycles. The van der Waals surface area contributed by atoms with E-state index in [0.29, 0.717) is 6.04 Å². The van der Waals surface area contributed by atoms with Gasteiger partial charge in [0.05, 0.1) is 0 Å². The maximum absolute atomic E-state index is 4.69. The van der Waals surface area contributed by atoms with Crippen LogP contribution in [0.2, 0.25) is 0 Å². The molecule has 20 heavy (non-hydrogen) atoms. The minimum Gasteiger partial charge on any atom is -0.357 e. The van der Waals surface area contributed by atoms with E-state index < -0.39 is 0 Å². The standard InChI is InChI=1S/C16H26N4/c1-3-18-16(20-15-6-4-5-7-15)19-11-9-14-8-10-17-12-13(14)2/h8,10,12,15H,3-7,9,11H2,1-2H3,(H2,18,19,20). The number of nitrogens with zero attached hydrogens (tertiary/aromatic N) is 2. The topological polar surface area (TPSA) is 49.3 Å². The van der Waals surface area contributed by atoms with Gasteiger partial charge in [-0.15, -0.1) is 0 Å². The van der Waals surface area contributed by atoms with Crippen molar-refractivity contribution in [2.24, 2.45) is 4.99 Å². The van der Waals surface area contributed by atoms with Crippen LogP contribution in [0.4, 0.5) is 0 Å². The highest BCUT2D eigenvalue weighted by Crippen LogP contribution is 2.17. The lowest BCUT2D eigenvalue weighted by Gasteiger charge is -2.16. The molecule has 110 valence electrons. The predicted octanol–water partition coefficient (Wildman–Crippen LogP) is 2.43. The van der Waals surface area contributed by atoms with E-state index >= 15 is 0 Å². The molecule has 1 heterocycles. The molecule has 2 rings (SSSR count). The second-order valence-electron chi connectivity index (χ2n) is 5.44. The minimum absolute atomic E-state index is 0.607. The number of guanidine groups is 1. The molecular weight excluding hydrogens is 248 g/mol. The summed E-state index contributed by atoms with van der Waals surface area (Å²) in [6.07, 6.45) is 9.97. The first-order chi connectivity index (χ1) is 9.79. The maximum Gasteiger partial charge on any atom is 0.191 e. The van der Waals surface area contributed by atoms with Crippen LogP contribution in [0.25, 0.3) is 0 Å². The van der Waals surface area contributed by atoms with Crippen LogP contribution < -0.4 is 10.6 Å². The minimum atomic E-state index is 0.607. The van der Waals surface area contributed by atoms with Crippen molar-refractivity contribution in [3.05, 3.63) is 29.6 Å². The third kappa shape index (κ3) is 4.51. The van der Waals surface area contributed by atoms with Gasteiger partial charge in [0.2, 0.25) is 0 Å². The van der Waals surface area contributed by atoms with Crippen LogP contribution >= 0.6 is 0 Å². The van der Waals surface area contributed by atoms with E-state index in [-0.39, 0.29) is 0 Å². The van der Waals surface area contributed by atoms with Gasteiger partial charge in [-0.3, -0.25) is 9.98 Å². The van der Waals surface area contributed by atoms with Gasteiger partial charge in [-0.1, -0.05) is 12.8 Å². The number of hydrogen-bond donors (Lipinski definition) is 2. The Kier molecular flexibility index (Phi) is 5.84. The smallest absolute Gasteiger partial charge is 0.191 e. The van der Waals surface area contributed by atoms with Gasteiger partial charge in [0.25, 0.3) is 0 Å². The average molecular weight is 274 g/mol. The van der Waals surface area contributed by atoms with Crippen LogP contribution in [0.15, 0.2) is 23.5 Å². The van der Waals surface area contributed by atoms with Crippen LogP contribution in [-0.2, 0) is 6.42 Å². The molecule has 1 aliphatic rings. The molecule has 0 atom stereocenters. The van der Waals surface area contributed by atoms with Crippen LogP contribution in [-0.4, -0.2) is 30.1 Å². The molecule has 0 saturated heterocycles. The van der Waals surface area contributed by atoms with Crippen LogP contribution in [0.5, 0.6) is 0 Å². The molecular formula is C16H26N4. The summed E-state index contributed by atoms with van der Waals surface area (Å²) in [6, 6.07) is 2.69. The normalized spacial score (nSPS) is 16.4. The summed E-state index contributed by atoms with van der Waals surface area (Å²) in [7, 11) is 0. The summed E-state index contributed by atoms with van der Waals surface area (Å²) in [6.45, 7) is 5.94. The monoisotopic (exact) mass is 274 g/mol. The Hall–Kier alpha value is -1.58. The number of hydrogen-bond acceptors (Lipinski definition) is 2. The van der Waals surface area contributed by atoms with E-state index in [1.165, 1.54) is 36.8 Å². The molecule has 0 aliphatic heterocycles. The van der Waals surface area contributed by atoms with Gasteiger partial charge < -0.3 is 10.6 Å². The lowest BCUT2D eigenvalue weighted by Crippen LogP contribution is -2.42. The van der Waals surface area contributed by atoms with Gasteiger partial charge in [-0.25, -0.2) is 0 Å². The third-order valence-electron chi connectivity index (χ3n) is 3.83. The summed E-state index contributed by atoms with van der Waals surface area (Å²) in [5, 5.41) is 6.88. The van der Waals surface area contributed by atoms with E-state index in [4.69, 9.17) is 0 Å². The second-order valence-corrected chi connectivity index (χ2v) is 5.44. The molecule has 2 N–H and O–H groups in total. The fourth-order valence-electron chi connectivity index (χ4n) is 2.65. The first-order valence-corrected chi connectivity index (χ1v) is 7.74. The molecule has 1 aromatic heterocycles. The summed E-state index contributed by atoms with van der Waals surface area (Å²) in [5.41, 5.74) is 2.58. The van der Waals surface area contributed by atoms with Crippen molar-refractivity contribution in [1.29, 1.82) is 0 Å². The summed E-state index contributed by atoms with van der Waals surface area (Å²) in [4.78, 5) is 8.81. The second kappa shape index (κ2) is 7.88. The third-order valence-corrected chi connectivity index (χ3v) is 3.83. The number of aliphatic imine (C=N–C) groups is 1. The zero-order chi connectivity index (χ0) is 14.2. The lowest BCUT2D eigenvalue weighted by molar-refractivity contribution is 0.614. The van der Waals surface area contributed by atoms with Crippen molar-refractivity contribution in [3.63, 3.8) is 0 Å². The molecule has 1 saturated carbocycles. The Morgan fingerprint density at radius 3 is 2.90 bits per heavy atom. The van der Waals surface area contributed by atoms with Crippen molar-refractivity contribution in [2.75, 3.05) is 13.1 Å². The van der Waals surface area contributed by atoms with Gasteiger partial charge in [-0.2, -0.15) is 0 Å². The van der Waals surface area contributed by atoms with Crippen molar-refractivity contribution in [2.45, 2.75) is 52.0 Å². The van der Waals surface area contributed by atoms with Crippen molar-refractivity contribution in [1.82, 2.24) is 15.6 Å². The van der Waals surface area contributed by atoms with E-state index in [2.05, 4.69) is 40.5 Å². The highest BCUT2D eigenvalue weighted by atomic mass is 15.2. The van der Waals surface area contributed by atoms with Crippen LogP contribution in [0, 0.1) is 6.92 Å². The van der Waals surface area contributed by atoms with E-state index in [0.717, 1.165) is 25.5 Å². The van der Waals surface area contributed by atoms with E-state index in [1.807, 2.05) is 12.4 Å². The first-order valence-electron chi connectivity index (χ1n) is 7.74. The Morgan fingerprint density at radius 1 is 1.40 bits per heavy atom. The molecule has 0 unspecified atom stereocenters. The maximum atomic E-state index is 4.69. The highest BCUT2D eigenvalue weighted by molar-refractivity contribution is 5.80. The number of aromatic nitrogens is 1. The molecule has 0 aromatic carbocycles. The Morgan fingerprint density at radius 2 is 2.20 bits per heavy atom. The number of aryl methyl sites for hydroxylation is 1. The van der Waals surface area contributed by atoms with E-state index in [1.54, 1.807) is 0 Å². The molecule has 0 amide bonds. The fraction of sp³-hybridized carbons (Fsp3) is 0.625. The summed E-state index contributed by atoms with van der Waals surface area (Å²) >= 11 is 0. The highest BCUT2D eigenvalue weighted by Gasteiger charge is 2.15. The van der Waals surface area contributed by atoms with Crippen molar-refractivity contribution in [3.8, 4) is 0 Å². The molecule has 4 nitrogen and oxygen atoms in total. The lowest BCUT2D eigenvalue weighted by atomic mass is 10.1. The predicted molar refractivity (Wildman–Crippen MR) is 84.0 cm³/mol.